The first-order chi connectivity index (χ1) is 14.2. The van der Waals surface area contributed by atoms with E-state index in [1.54, 1.807) is 7.11 Å². The minimum Gasteiger partial charge on any atom is -0.497 e. The Bertz CT molecular complexity index is 986. The summed E-state index contributed by atoms with van der Waals surface area (Å²) in [4.78, 5) is 2.66. The molecule has 148 valence electrons. The normalized spacial score (nSPS) is 23.4. The first-order valence-electron chi connectivity index (χ1n) is 10.5. The SMILES string of the molecule is COc1cccc(CN2[C@@H]3CNC[C@H]2C3c2ccc(-c3ccccc3C)cc2)c1. The maximum Gasteiger partial charge on any atom is 0.119 e. The van der Waals surface area contributed by atoms with Crippen LogP contribution < -0.4 is 10.1 Å². The molecular formula is C26H28N2O. The molecule has 2 fully saturated rings. The lowest BCUT2D eigenvalue weighted by molar-refractivity contribution is -0.0483. The Morgan fingerprint density at radius 3 is 2.41 bits per heavy atom. The average Bonchev–Trinajstić information content (AvgIpc) is 2.78. The first kappa shape index (κ1) is 18.4. The Hall–Kier alpha value is -2.62. The second-order valence-electron chi connectivity index (χ2n) is 8.28. The highest BCUT2D eigenvalue weighted by molar-refractivity contribution is 5.67. The van der Waals surface area contributed by atoms with Gasteiger partial charge in [-0.15, -0.1) is 0 Å². The molecular weight excluding hydrogens is 356 g/mol. The van der Waals surface area contributed by atoms with E-state index in [2.05, 4.69) is 83.9 Å². The monoisotopic (exact) mass is 384 g/mol. The zero-order valence-corrected chi connectivity index (χ0v) is 17.1. The van der Waals surface area contributed by atoms with Crippen LogP contribution in [0.1, 0.15) is 22.6 Å². The van der Waals surface area contributed by atoms with E-state index in [1.165, 1.54) is 27.8 Å². The summed E-state index contributed by atoms with van der Waals surface area (Å²) in [6.07, 6.45) is 0. The molecule has 2 heterocycles. The molecule has 2 bridgehead atoms. The molecule has 1 unspecified atom stereocenters. The number of hydrogen-bond acceptors (Lipinski definition) is 3. The van der Waals surface area contributed by atoms with Crippen LogP contribution in [0.5, 0.6) is 5.75 Å². The minimum atomic E-state index is 0.560. The van der Waals surface area contributed by atoms with Crippen LogP contribution in [0.15, 0.2) is 72.8 Å². The Balaban J connectivity index is 1.34. The van der Waals surface area contributed by atoms with Crippen molar-refractivity contribution in [2.24, 2.45) is 0 Å². The quantitative estimate of drug-likeness (QED) is 0.695. The van der Waals surface area contributed by atoms with Crippen LogP contribution in [-0.2, 0) is 6.54 Å². The van der Waals surface area contributed by atoms with Crippen LogP contribution in [-0.4, -0.2) is 37.2 Å². The predicted molar refractivity (Wildman–Crippen MR) is 118 cm³/mol. The standard InChI is InChI=1S/C26H28N2O/c1-18-6-3-4-9-23(18)20-10-12-21(13-11-20)26-24-15-27-16-25(26)28(24)17-19-7-5-8-22(14-19)29-2/h3-14,24-27H,15-17H2,1-2H3/t24-,25+,26?. The fourth-order valence-corrected chi connectivity index (χ4v) is 5.12. The van der Waals surface area contributed by atoms with Crippen molar-refractivity contribution in [3.05, 3.63) is 89.5 Å². The topological polar surface area (TPSA) is 24.5 Å². The number of fused-ring (bicyclic) bond motifs is 2. The molecule has 3 nitrogen and oxygen atoms in total. The van der Waals surface area contributed by atoms with E-state index >= 15 is 0 Å². The van der Waals surface area contributed by atoms with E-state index in [0.29, 0.717) is 18.0 Å². The second-order valence-corrected chi connectivity index (χ2v) is 8.28. The van der Waals surface area contributed by atoms with Crippen molar-refractivity contribution in [1.29, 1.82) is 0 Å². The van der Waals surface area contributed by atoms with Gasteiger partial charge < -0.3 is 10.1 Å². The fraction of sp³-hybridized carbons (Fsp3) is 0.308. The van der Waals surface area contributed by atoms with Gasteiger partial charge in [-0.25, -0.2) is 0 Å². The summed E-state index contributed by atoms with van der Waals surface area (Å²) in [7, 11) is 1.73. The molecule has 1 N–H and O–H groups in total. The molecule has 3 atom stereocenters. The van der Waals surface area contributed by atoms with E-state index < -0.39 is 0 Å². The number of piperidine rings is 1. The number of benzene rings is 3. The molecule has 0 aliphatic carbocycles. The third kappa shape index (κ3) is 3.35. The van der Waals surface area contributed by atoms with Crippen LogP contribution in [0.2, 0.25) is 0 Å². The lowest BCUT2D eigenvalue weighted by Gasteiger charge is -2.59. The van der Waals surface area contributed by atoms with E-state index in [-0.39, 0.29) is 0 Å². The molecule has 2 aliphatic rings. The molecule has 0 radical (unpaired) electrons. The van der Waals surface area contributed by atoms with Crippen molar-refractivity contribution < 1.29 is 4.74 Å². The number of rotatable bonds is 5. The summed E-state index contributed by atoms with van der Waals surface area (Å²) in [6, 6.07) is 27.5. The van der Waals surface area contributed by atoms with Crippen molar-refractivity contribution in [2.75, 3.05) is 20.2 Å². The maximum absolute atomic E-state index is 5.40. The van der Waals surface area contributed by atoms with Gasteiger partial charge in [0.2, 0.25) is 0 Å². The van der Waals surface area contributed by atoms with E-state index in [1.807, 2.05) is 6.07 Å². The lowest BCUT2D eigenvalue weighted by Crippen LogP contribution is -2.72. The Morgan fingerprint density at radius 2 is 1.69 bits per heavy atom. The van der Waals surface area contributed by atoms with E-state index in [0.717, 1.165) is 25.4 Å². The van der Waals surface area contributed by atoms with Gasteiger partial charge in [-0.05, 0) is 46.9 Å². The molecule has 0 saturated carbocycles. The van der Waals surface area contributed by atoms with Gasteiger partial charge in [0.1, 0.15) is 5.75 Å². The Morgan fingerprint density at radius 1 is 0.931 bits per heavy atom. The first-order valence-corrected chi connectivity index (χ1v) is 10.5. The zero-order chi connectivity index (χ0) is 19.8. The molecule has 29 heavy (non-hydrogen) atoms. The van der Waals surface area contributed by atoms with E-state index in [9.17, 15) is 0 Å². The number of aryl methyl sites for hydroxylation is 1. The van der Waals surface area contributed by atoms with Crippen LogP contribution in [0.25, 0.3) is 11.1 Å². The van der Waals surface area contributed by atoms with E-state index in [4.69, 9.17) is 4.74 Å². The number of piperazine rings is 1. The minimum absolute atomic E-state index is 0.560. The largest absolute Gasteiger partial charge is 0.497 e. The lowest BCUT2D eigenvalue weighted by atomic mass is 9.72. The van der Waals surface area contributed by atoms with Crippen molar-refractivity contribution >= 4 is 0 Å². The maximum atomic E-state index is 5.40. The molecule has 2 saturated heterocycles. The third-order valence-corrected chi connectivity index (χ3v) is 6.64. The summed E-state index contributed by atoms with van der Waals surface area (Å²) in [5.41, 5.74) is 6.77. The van der Waals surface area contributed by atoms with Crippen molar-refractivity contribution in [2.45, 2.75) is 31.5 Å². The number of ether oxygens (including phenoxy) is 1. The van der Waals surface area contributed by atoms with Gasteiger partial charge in [-0.1, -0.05) is 60.7 Å². The number of nitrogens with one attached hydrogen (secondary N) is 1. The van der Waals surface area contributed by atoms with Gasteiger partial charge in [0.05, 0.1) is 7.11 Å². The molecule has 0 spiro atoms. The summed E-state index contributed by atoms with van der Waals surface area (Å²) in [5.74, 6) is 1.56. The van der Waals surface area contributed by atoms with Gasteiger partial charge in [0.15, 0.2) is 0 Å². The van der Waals surface area contributed by atoms with Gasteiger partial charge >= 0.3 is 0 Å². The molecule has 5 rings (SSSR count). The summed E-state index contributed by atoms with van der Waals surface area (Å²) < 4.78 is 5.40. The highest BCUT2D eigenvalue weighted by Gasteiger charge is 2.50. The molecule has 3 heteroatoms. The highest BCUT2D eigenvalue weighted by atomic mass is 16.5. The van der Waals surface area contributed by atoms with Crippen molar-refractivity contribution in [3.63, 3.8) is 0 Å². The molecule has 2 aliphatic heterocycles. The smallest absolute Gasteiger partial charge is 0.119 e. The van der Waals surface area contributed by atoms with Crippen LogP contribution in [0, 0.1) is 6.92 Å². The third-order valence-electron chi connectivity index (χ3n) is 6.64. The summed E-state index contributed by atoms with van der Waals surface area (Å²) in [6.45, 7) is 5.29. The Labute approximate surface area is 173 Å². The molecule has 3 aromatic carbocycles. The van der Waals surface area contributed by atoms with Gasteiger partial charge in [0, 0.05) is 37.6 Å². The average molecular weight is 385 g/mol. The predicted octanol–water partition coefficient (Wildman–Crippen LogP) is 4.61. The molecule has 0 amide bonds. The summed E-state index contributed by atoms with van der Waals surface area (Å²) in [5, 5.41) is 3.60. The molecule has 0 aromatic heterocycles. The number of methoxy groups -OCH3 is 1. The fourth-order valence-electron chi connectivity index (χ4n) is 5.12. The second kappa shape index (κ2) is 7.66. The highest BCUT2D eigenvalue weighted by Crippen LogP contribution is 2.44. The van der Waals surface area contributed by atoms with Gasteiger partial charge in [-0.2, -0.15) is 0 Å². The Kier molecular flexibility index (Phi) is 4.86. The number of hydrogen-bond donors (Lipinski definition) is 1. The van der Waals surface area contributed by atoms with Crippen molar-refractivity contribution in [3.8, 4) is 16.9 Å². The number of nitrogens with zero attached hydrogens (tertiary/aromatic N) is 1. The van der Waals surface area contributed by atoms with Crippen molar-refractivity contribution in [1.82, 2.24) is 10.2 Å². The molecule has 3 aromatic rings. The van der Waals surface area contributed by atoms with Crippen LogP contribution in [0.4, 0.5) is 0 Å². The van der Waals surface area contributed by atoms with Gasteiger partial charge in [0.25, 0.3) is 0 Å². The summed E-state index contributed by atoms with van der Waals surface area (Å²) >= 11 is 0. The van der Waals surface area contributed by atoms with Crippen LogP contribution in [0.3, 0.4) is 0 Å². The zero-order valence-electron chi connectivity index (χ0n) is 17.1. The van der Waals surface area contributed by atoms with Gasteiger partial charge in [-0.3, -0.25) is 4.90 Å². The van der Waals surface area contributed by atoms with Crippen LogP contribution >= 0.6 is 0 Å².